The van der Waals surface area contributed by atoms with Gasteiger partial charge in [0.05, 0.1) is 7.11 Å². The van der Waals surface area contributed by atoms with Crippen molar-refractivity contribution in [3.63, 3.8) is 0 Å². The van der Waals surface area contributed by atoms with Crippen LogP contribution in [0.4, 0.5) is 5.69 Å². The number of anilines is 1. The third-order valence-electron chi connectivity index (χ3n) is 4.76. The highest BCUT2D eigenvalue weighted by atomic mass is 35.5. The Labute approximate surface area is 180 Å². The number of hydrogen-bond donors (Lipinski definition) is 1. The van der Waals surface area contributed by atoms with Crippen molar-refractivity contribution in [2.75, 3.05) is 12.4 Å². The van der Waals surface area contributed by atoms with E-state index in [0.717, 1.165) is 22.1 Å². The summed E-state index contributed by atoms with van der Waals surface area (Å²) >= 11 is 6.00. The largest absolute Gasteiger partial charge is 0.496 e. The highest BCUT2D eigenvalue weighted by Crippen LogP contribution is 2.28. The lowest BCUT2D eigenvalue weighted by Gasteiger charge is -2.14. The molecule has 0 atom stereocenters. The van der Waals surface area contributed by atoms with E-state index in [1.165, 1.54) is 0 Å². The zero-order chi connectivity index (χ0) is 20.9. The number of hydrogen-bond acceptors (Lipinski definition) is 3. The topological polar surface area (TPSA) is 47.6 Å². The van der Waals surface area contributed by atoms with Crippen molar-refractivity contribution < 1.29 is 14.3 Å². The molecule has 4 aromatic carbocycles. The van der Waals surface area contributed by atoms with Gasteiger partial charge in [0.1, 0.15) is 18.1 Å². The molecule has 0 radical (unpaired) electrons. The lowest BCUT2D eigenvalue weighted by Crippen LogP contribution is -2.12. The minimum Gasteiger partial charge on any atom is -0.496 e. The fourth-order valence-electron chi connectivity index (χ4n) is 3.28. The van der Waals surface area contributed by atoms with Gasteiger partial charge in [0.25, 0.3) is 5.91 Å². The number of carbonyl (C=O) groups is 1. The molecule has 0 aliphatic rings. The van der Waals surface area contributed by atoms with Crippen LogP contribution in [0.25, 0.3) is 10.8 Å². The maximum absolute atomic E-state index is 12.7. The molecule has 30 heavy (non-hydrogen) atoms. The molecule has 4 rings (SSSR count). The van der Waals surface area contributed by atoms with E-state index >= 15 is 0 Å². The number of halogens is 1. The summed E-state index contributed by atoms with van der Waals surface area (Å²) < 4.78 is 11.5. The highest BCUT2D eigenvalue weighted by Gasteiger charge is 2.12. The first-order chi connectivity index (χ1) is 14.6. The first kappa shape index (κ1) is 19.8. The highest BCUT2D eigenvalue weighted by molar-refractivity contribution is 6.31. The summed E-state index contributed by atoms with van der Waals surface area (Å²) in [5, 5.41) is 5.56. The summed E-state index contributed by atoms with van der Waals surface area (Å²) in [6.45, 7) is 0.273. The van der Waals surface area contributed by atoms with Crippen molar-refractivity contribution in [2.45, 2.75) is 6.61 Å². The molecular formula is C25H20ClNO3. The predicted molar refractivity (Wildman–Crippen MR) is 121 cm³/mol. The zero-order valence-electron chi connectivity index (χ0n) is 16.4. The number of benzene rings is 4. The van der Waals surface area contributed by atoms with Gasteiger partial charge in [0.2, 0.25) is 0 Å². The van der Waals surface area contributed by atoms with Gasteiger partial charge in [0, 0.05) is 27.2 Å². The molecule has 5 heteroatoms. The molecule has 0 heterocycles. The van der Waals surface area contributed by atoms with Crippen LogP contribution in [0, 0.1) is 0 Å². The van der Waals surface area contributed by atoms with Crippen LogP contribution in [0.2, 0.25) is 5.02 Å². The van der Waals surface area contributed by atoms with Crippen molar-refractivity contribution in [1.29, 1.82) is 0 Å². The molecule has 1 amide bonds. The Kier molecular flexibility index (Phi) is 5.87. The average molecular weight is 418 g/mol. The van der Waals surface area contributed by atoms with E-state index in [2.05, 4.69) is 5.32 Å². The van der Waals surface area contributed by atoms with Crippen molar-refractivity contribution in [1.82, 2.24) is 0 Å². The Bertz CT molecular complexity index is 1200. The van der Waals surface area contributed by atoms with E-state index in [1.807, 2.05) is 42.5 Å². The fraction of sp³-hybridized carbons (Fsp3) is 0.0800. The van der Waals surface area contributed by atoms with Crippen LogP contribution in [-0.4, -0.2) is 13.0 Å². The summed E-state index contributed by atoms with van der Waals surface area (Å²) in [6, 6.07) is 26.3. The molecule has 0 fully saturated rings. The van der Waals surface area contributed by atoms with Crippen LogP contribution in [0.1, 0.15) is 15.9 Å². The molecule has 4 aromatic rings. The molecule has 0 aliphatic carbocycles. The van der Waals surface area contributed by atoms with Crippen LogP contribution in [-0.2, 0) is 6.61 Å². The van der Waals surface area contributed by atoms with Crippen LogP contribution < -0.4 is 14.8 Å². The van der Waals surface area contributed by atoms with Gasteiger partial charge in [-0.15, -0.1) is 0 Å². The van der Waals surface area contributed by atoms with E-state index in [4.69, 9.17) is 21.1 Å². The standard InChI is InChI=1S/C25H20ClNO3/c1-29-23-13-12-18(25(28)27-21-9-5-8-20(26)15-21)14-19(23)16-30-24-11-4-7-17-6-2-3-10-22(17)24/h2-15H,16H2,1H3,(H,27,28). The van der Waals surface area contributed by atoms with E-state index in [1.54, 1.807) is 49.6 Å². The van der Waals surface area contributed by atoms with Gasteiger partial charge < -0.3 is 14.8 Å². The number of nitrogens with one attached hydrogen (secondary N) is 1. The molecule has 4 nitrogen and oxygen atoms in total. The Balaban J connectivity index is 1.56. The van der Waals surface area contributed by atoms with Crippen LogP contribution >= 0.6 is 11.6 Å². The third kappa shape index (κ3) is 4.39. The van der Waals surface area contributed by atoms with Crippen molar-refractivity contribution in [3.05, 3.63) is 101 Å². The Morgan fingerprint density at radius 1 is 0.900 bits per heavy atom. The SMILES string of the molecule is COc1ccc(C(=O)Nc2cccc(Cl)c2)cc1COc1cccc2ccccc12. The molecule has 0 aromatic heterocycles. The molecule has 0 aliphatic heterocycles. The summed E-state index contributed by atoms with van der Waals surface area (Å²) in [5.74, 6) is 1.21. The molecule has 0 bridgehead atoms. The van der Waals surface area contributed by atoms with Gasteiger partial charge >= 0.3 is 0 Å². The maximum Gasteiger partial charge on any atom is 0.255 e. The Morgan fingerprint density at radius 2 is 1.70 bits per heavy atom. The third-order valence-corrected chi connectivity index (χ3v) is 4.99. The van der Waals surface area contributed by atoms with Crippen LogP contribution in [0.5, 0.6) is 11.5 Å². The summed E-state index contributed by atoms with van der Waals surface area (Å²) in [6.07, 6.45) is 0. The van der Waals surface area contributed by atoms with Gasteiger partial charge in [-0.05, 0) is 47.9 Å². The second-order valence-corrected chi connectivity index (χ2v) is 7.19. The van der Waals surface area contributed by atoms with E-state index in [0.29, 0.717) is 22.0 Å². The first-order valence-corrected chi connectivity index (χ1v) is 9.86. The van der Waals surface area contributed by atoms with Gasteiger partial charge in [0.15, 0.2) is 0 Å². The number of amides is 1. The number of methoxy groups -OCH3 is 1. The zero-order valence-corrected chi connectivity index (χ0v) is 17.1. The van der Waals surface area contributed by atoms with E-state index in [-0.39, 0.29) is 12.5 Å². The summed E-state index contributed by atoms with van der Waals surface area (Å²) in [5.41, 5.74) is 1.92. The molecule has 0 saturated carbocycles. The smallest absolute Gasteiger partial charge is 0.255 e. The number of ether oxygens (including phenoxy) is 2. The van der Waals surface area contributed by atoms with Crippen LogP contribution in [0.15, 0.2) is 84.9 Å². The molecule has 0 unspecified atom stereocenters. The lowest BCUT2D eigenvalue weighted by molar-refractivity contribution is 0.102. The number of rotatable bonds is 6. The molecule has 1 N–H and O–H groups in total. The van der Waals surface area contributed by atoms with Gasteiger partial charge in [-0.2, -0.15) is 0 Å². The van der Waals surface area contributed by atoms with Gasteiger partial charge in [-0.25, -0.2) is 0 Å². The van der Waals surface area contributed by atoms with Crippen molar-refractivity contribution in [2.24, 2.45) is 0 Å². The average Bonchev–Trinajstić information content (AvgIpc) is 2.77. The minimum atomic E-state index is -0.230. The fourth-order valence-corrected chi connectivity index (χ4v) is 3.47. The van der Waals surface area contributed by atoms with E-state index < -0.39 is 0 Å². The Morgan fingerprint density at radius 3 is 2.53 bits per heavy atom. The minimum absolute atomic E-state index is 0.230. The van der Waals surface area contributed by atoms with E-state index in [9.17, 15) is 4.79 Å². The normalized spacial score (nSPS) is 10.6. The molecule has 0 spiro atoms. The molecular weight excluding hydrogens is 398 g/mol. The van der Waals surface area contributed by atoms with Crippen LogP contribution in [0.3, 0.4) is 0 Å². The lowest BCUT2D eigenvalue weighted by atomic mass is 10.1. The second-order valence-electron chi connectivity index (χ2n) is 6.76. The number of fused-ring (bicyclic) bond motifs is 1. The second kappa shape index (κ2) is 8.89. The quantitative estimate of drug-likeness (QED) is 0.398. The predicted octanol–water partition coefficient (Wildman–Crippen LogP) is 6.33. The molecule has 150 valence electrons. The molecule has 0 saturated heterocycles. The number of carbonyl (C=O) groups excluding carboxylic acids is 1. The summed E-state index contributed by atoms with van der Waals surface area (Å²) in [7, 11) is 1.60. The van der Waals surface area contributed by atoms with Crippen molar-refractivity contribution in [3.8, 4) is 11.5 Å². The van der Waals surface area contributed by atoms with Crippen molar-refractivity contribution >= 4 is 34.0 Å². The maximum atomic E-state index is 12.7. The summed E-state index contributed by atoms with van der Waals surface area (Å²) in [4.78, 5) is 12.7. The van der Waals surface area contributed by atoms with Gasteiger partial charge in [-0.1, -0.05) is 54.1 Å². The first-order valence-electron chi connectivity index (χ1n) is 9.48. The Hall–Kier alpha value is -3.50. The monoisotopic (exact) mass is 417 g/mol. The van der Waals surface area contributed by atoms with Gasteiger partial charge in [-0.3, -0.25) is 4.79 Å².